The summed E-state index contributed by atoms with van der Waals surface area (Å²) in [4.78, 5) is 13.2. The maximum Gasteiger partial charge on any atom is 0.180 e. The van der Waals surface area contributed by atoms with Gasteiger partial charge in [-0.2, -0.15) is 0 Å². The van der Waals surface area contributed by atoms with E-state index in [1.807, 2.05) is 47.1 Å². The summed E-state index contributed by atoms with van der Waals surface area (Å²) >= 11 is 0. The fraction of sp³-hybridized carbons (Fsp3) is 0.105. The van der Waals surface area contributed by atoms with Gasteiger partial charge in [-0.1, -0.05) is 0 Å². The van der Waals surface area contributed by atoms with Gasteiger partial charge in [0, 0.05) is 48.3 Å². The number of fused-ring (bicyclic) bond motifs is 1. The Kier molecular flexibility index (Phi) is 4.10. The molecule has 26 heavy (non-hydrogen) atoms. The maximum atomic E-state index is 5.37. The highest BCUT2D eigenvalue weighted by molar-refractivity contribution is 5.74. The van der Waals surface area contributed by atoms with E-state index < -0.39 is 0 Å². The van der Waals surface area contributed by atoms with Crippen molar-refractivity contribution in [2.75, 3.05) is 19.5 Å². The van der Waals surface area contributed by atoms with Crippen LogP contribution < -0.4 is 14.8 Å². The molecular formula is C19H17N5O2. The van der Waals surface area contributed by atoms with E-state index in [1.165, 1.54) is 0 Å². The van der Waals surface area contributed by atoms with Gasteiger partial charge in [-0.25, -0.2) is 9.97 Å². The molecule has 7 nitrogen and oxygen atoms in total. The number of nitrogens with zero attached hydrogens (tertiary/aromatic N) is 4. The van der Waals surface area contributed by atoms with Crippen LogP contribution in [0.15, 0.2) is 61.3 Å². The van der Waals surface area contributed by atoms with Crippen LogP contribution in [0.4, 0.5) is 11.5 Å². The number of benzene rings is 1. The minimum Gasteiger partial charge on any atom is -0.493 e. The number of ether oxygens (including phenoxy) is 2. The van der Waals surface area contributed by atoms with Gasteiger partial charge in [0.25, 0.3) is 0 Å². The van der Waals surface area contributed by atoms with Crippen molar-refractivity contribution in [1.82, 2.24) is 19.4 Å². The van der Waals surface area contributed by atoms with Crippen molar-refractivity contribution in [2.45, 2.75) is 0 Å². The minimum absolute atomic E-state index is 0.641. The molecule has 0 saturated heterocycles. The molecule has 0 fully saturated rings. The summed E-state index contributed by atoms with van der Waals surface area (Å²) in [6.07, 6.45) is 9.07. The number of aromatic nitrogens is 4. The van der Waals surface area contributed by atoms with Gasteiger partial charge in [-0.3, -0.25) is 4.98 Å². The molecule has 1 aromatic carbocycles. The Morgan fingerprint density at radius 2 is 1.77 bits per heavy atom. The van der Waals surface area contributed by atoms with Gasteiger partial charge < -0.3 is 19.2 Å². The topological polar surface area (TPSA) is 73.6 Å². The molecule has 0 aliphatic heterocycles. The smallest absolute Gasteiger partial charge is 0.180 e. The first-order chi connectivity index (χ1) is 12.8. The fourth-order valence-electron chi connectivity index (χ4n) is 2.73. The molecule has 0 aliphatic carbocycles. The summed E-state index contributed by atoms with van der Waals surface area (Å²) in [5.41, 5.74) is 3.36. The zero-order valence-electron chi connectivity index (χ0n) is 14.4. The normalized spacial score (nSPS) is 10.7. The number of imidazole rings is 1. The van der Waals surface area contributed by atoms with E-state index in [4.69, 9.17) is 14.5 Å². The van der Waals surface area contributed by atoms with Gasteiger partial charge >= 0.3 is 0 Å². The monoisotopic (exact) mass is 347 g/mol. The summed E-state index contributed by atoms with van der Waals surface area (Å²) in [6.45, 7) is 0. The van der Waals surface area contributed by atoms with E-state index in [0.717, 1.165) is 22.6 Å². The molecule has 7 heteroatoms. The van der Waals surface area contributed by atoms with Crippen molar-refractivity contribution in [3.05, 3.63) is 61.3 Å². The molecule has 1 N–H and O–H groups in total. The number of pyridine rings is 1. The molecule has 0 aliphatic rings. The first-order valence-electron chi connectivity index (χ1n) is 8.01. The number of methoxy groups -OCH3 is 2. The molecule has 0 spiro atoms. The van der Waals surface area contributed by atoms with Crippen molar-refractivity contribution in [1.29, 1.82) is 0 Å². The number of nitrogens with one attached hydrogen (secondary N) is 1. The van der Waals surface area contributed by atoms with Gasteiger partial charge in [0.15, 0.2) is 23.0 Å². The Morgan fingerprint density at radius 3 is 2.54 bits per heavy atom. The average Bonchev–Trinajstić information content (AvgIpc) is 3.17. The predicted octanol–water partition coefficient (Wildman–Crippen LogP) is 3.55. The van der Waals surface area contributed by atoms with E-state index in [-0.39, 0.29) is 0 Å². The fourth-order valence-corrected chi connectivity index (χ4v) is 2.73. The zero-order valence-corrected chi connectivity index (χ0v) is 14.4. The number of rotatable bonds is 5. The van der Waals surface area contributed by atoms with Gasteiger partial charge in [-0.05, 0) is 24.3 Å². The summed E-state index contributed by atoms with van der Waals surface area (Å²) in [6, 6.07) is 9.45. The molecule has 0 amide bonds. The molecule has 0 bridgehead atoms. The van der Waals surface area contributed by atoms with E-state index >= 15 is 0 Å². The Hall–Kier alpha value is -3.61. The molecule has 3 aromatic heterocycles. The minimum atomic E-state index is 0.641. The third kappa shape index (κ3) is 2.90. The number of anilines is 2. The van der Waals surface area contributed by atoms with Crippen LogP contribution in [0, 0.1) is 0 Å². The van der Waals surface area contributed by atoms with Crippen LogP contribution in [0.25, 0.3) is 16.9 Å². The Bertz CT molecular complexity index is 1050. The third-order valence-corrected chi connectivity index (χ3v) is 4.00. The summed E-state index contributed by atoms with van der Waals surface area (Å²) in [7, 11) is 3.22. The number of hydrogen-bond acceptors (Lipinski definition) is 6. The Balaban J connectivity index is 1.77. The lowest BCUT2D eigenvalue weighted by atomic mass is 10.2. The SMILES string of the molecule is COc1ccc(Nc2nc(-c3ccncc3)cn3ccnc23)cc1OC. The first-order valence-corrected chi connectivity index (χ1v) is 8.01. The van der Waals surface area contributed by atoms with E-state index in [1.54, 1.807) is 32.8 Å². The molecule has 130 valence electrons. The molecule has 4 rings (SSSR count). The van der Waals surface area contributed by atoms with Crippen LogP contribution in [-0.2, 0) is 0 Å². The van der Waals surface area contributed by atoms with Crippen molar-refractivity contribution in [3.63, 3.8) is 0 Å². The first kappa shape index (κ1) is 15.9. The number of hydrogen-bond donors (Lipinski definition) is 1. The molecule has 0 atom stereocenters. The van der Waals surface area contributed by atoms with Crippen LogP contribution in [0.1, 0.15) is 0 Å². The lowest BCUT2D eigenvalue weighted by Crippen LogP contribution is -2.01. The highest BCUT2D eigenvalue weighted by Gasteiger charge is 2.11. The van der Waals surface area contributed by atoms with Crippen molar-refractivity contribution in [3.8, 4) is 22.8 Å². The lowest BCUT2D eigenvalue weighted by molar-refractivity contribution is 0.355. The molecule has 4 aromatic rings. The predicted molar refractivity (Wildman–Crippen MR) is 99.0 cm³/mol. The zero-order chi connectivity index (χ0) is 17.9. The van der Waals surface area contributed by atoms with Gasteiger partial charge in [-0.15, -0.1) is 0 Å². The van der Waals surface area contributed by atoms with Crippen LogP contribution in [0.2, 0.25) is 0 Å². The van der Waals surface area contributed by atoms with Crippen molar-refractivity contribution < 1.29 is 9.47 Å². The maximum absolute atomic E-state index is 5.37. The van der Waals surface area contributed by atoms with Crippen LogP contribution in [-0.4, -0.2) is 33.6 Å². The molecule has 0 saturated carbocycles. The largest absolute Gasteiger partial charge is 0.493 e. The average molecular weight is 347 g/mol. The summed E-state index contributed by atoms with van der Waals surface area (Å²) in [5.74, 6) is 1.96. The van der Waals surface area contributed by atoms with E-state index in [2.05, 4.69) is 15.3 Å². The second kappa shape index (κ2) is 6.72. The molecular weight excluding hydrogens is 330 g/mol. The van der Waals surface area contributed by atoms with Crippen LogP contribution in [0.3, 0.4) is 0 Å². The van der Waals surface area contributed by atoms with Crippen LogP contribution in [0.5, 0.6) is 11.5 Å². The van der Waals surface area contributed by atoms with Crippen molar-refractivity contribution in [2.24, 2.45) is 0 Å². The molecule has 0 unspecified atom stereocenters. The Labute approximate surface area is 150 Å². The second-order valence-corrected chi connectivity index (χ2v) is 5.56. The molecule has 3 heterocycles. The highest BCUT2D eigenvalue weighted by atomic mass is 16.5. The highest BCUT2D eigenvalue weighted by Crippen LogP contribution is 2.32. The quantitative estimate of drug-likeness (QED) is 0.595. The summed E-state index contributed by atoms with van der Waals surface area (Å²) in [5, 5.41) is 3.32. The van der Waals surface area contributed by atoms with E-state index in [0.29, 0.717) is 17.3 Å². The molecule has 0 radical (unpaired) electrons. The van der Waals surface area contributed by atoms with Gasteiger partial charge in [0.2, 0.25) is 0 Å². The summed E-state index contributed by atoms with van der Waals surface area (Å²) < 4.78 is 12.6. The van der Waals surface area contributed by atoms with Gasteiger partial charge in [0.05, 0.1) is 19.9 Å². The van der Waals surface area contributed by atoms with E-state index in [9.17, 15) is 0 Å². The van der Waals surface area contributed by atoms with Crippen molar-refractivity contribution >= 4 is 17.2 Å². The standard InChI is InChI=1S/C19H17N5O2/c1-25-16-4-3-14(11-17(16)26-2)22-18-19-21-9-10-24(19)12-15(23-18)13-5-7-20-8-6-13/h3-12H,1-2H3,(H,22,23). The van der Waals surface area contributed by atoms with Crippen LogP contribution >= 0.6 is 0 Å². The van der Waals surface area contributed by atoms with Gasteiger partial charge in [0.1, 0.15) is 0 Å². The lowest BCUT2D eigenvalue weighted by Gasteiger charge is -2.12. The second-order valence-electron chi connectivity index (χ2n) is 5.56. The third-order valence-electron chi connectivity index (χ3n) is 4.00. The Morgan fingerprint density at radius 1 is 0.962 bits per heavy atom.